The van der Waals surface area contributed by atoms with Crippen molar-refractivity contribution in [1.29, 1.82) is 0 Å². The fourth-order valence-corrected chi connectivity index (χ4v) is 1.51. The van der Waals surface area contributed by atoms with Crippen LogP contribution in [-0.4, -0.2) is 17.3 Å². The first-order valence-electron chi connectivity index (χ1n) is 3.84. The highest BCUT2D eigenvalue weighted by Crippen LogP contribution is 2.05. The molecule has 0 N–H and O–H groups in total. The molecule has 0 atom stereocenters. The number of ketones is 1. The molecule has 0 unspecified atom stereocenters. The maximum absolute atomic E-state index is 10.5. The zero-order valence-electron chi connectivity index (χ0n) is 6.85. The SMILES string of the molecule is CCCCCSCC(C)=O. The first kappa shape index (κ1) is 10.0. The molecule has 2 heteroatoms. The maximum Gasteiger partial charge on any atom is 0.139 e. The highest BCUT2D eigenvalue weighted by Gasteiger charge is 1.92. The van der Waals surface area contributed by atoms with Crippen molar-refractivity contribution in [1.82, 2.24) is 0 Å². The standard InChI is InChI=1S/C8H16OS/c1-3-4-5-6-10-7-8(2)9/h3-7H2,1-2H3. The van der Waals surface area contributed by atoms with Gasteiger partial charge in [0.05, 0.1) is 5.75 Å². The number of rotatable bonds is 6. The van der Waals surface area contributed by atoms with Gasteiger partial charge in [0.2, 0.25) is 0 Å². The molecule has 10 heavy (non-hydrogen) atoms. The van der Waals surface area contributed by atoms with Gasteiger partial charge in [0.15, 0.2) is 0 Å². The van der Waals surface area contributed by atoms with Crippen molar-refractivity contribution in [3.63, 3.8) is 0 Å². The Morgan fingerprint density at radius 1 is 1.40 bits per heavy atom. The summed E-state index contributed by atoms with van der Waals surface area (Å²) in [6.45, 7) is 3.84. The molecule has 0 rings (SSSR count). The molecule has 0 aliphatic heterocycles. The number of hydrogen-bond donors (Lipinski definition) is 0. The molecular weight excluding hydrogens is 144 g/mol. The minimum Gasteiger partial charge on any atom is -0.299 e. The molecule has 0 fully saturated rings. The largest absolute Gasteiger partial charge is 0.299 e. The van der Waals surface area contributed by atoms with Gasteiger partial charge in [-0.1, -0.05) is 19.8 Å². The molecule has 0 aromatic heterocycles. The molecule has 0 aromatic carbocycles. The van der Waals surface area contributed by atoms with Crippen LogP contribution in [0.2, 0.25) is 0 Å². The molecule has 0 aromatic rings. The number of unbranched alkanes of at least 4 members (excludes halogenated alkanes) is 2. The summed E-state index contributed by atoms with van der Waals surface area (Å²) in [4.78, 5) is 10.5. The molecule has 0 heterocycles. The Morgan fingerprint density at radius 2 is 2.10 bits per heavy atom. The molecule has 0 radical (unpaired) electrons. The molecule has 0 bridgehead atoms. The molecule has 60 valence electrons. The summed E-state index contributed by atoms with van der Waals surface area (Å²) in [7, 11) is 0. The zero-order chi connectivity index (χ0) is 7.82. The predicted octanol–water partition coefficient (Wildman–Crippen LogP) is 2.50. The molecule has 1 nitrogen and oxygen atoms in total. The van der Waals surface area contributed by atoms with Gasteiger partial charge in [-0.25, -0.2) is 0 Å². The van der Waals surface area contributed by atoms with E-state index in [4.69, 9.17) is 0 Å². The third-order valence-electron chi connectivity index (χ3n) is 1.20. The highest BCUT2D eigenvalue weighted by atomic mass is 32.2. The fourth-order valence-electron chi connectivity index (χ4n) is 0.670. The van der Waals surface area contributed by atoms with E-state index in [2.05, 4.69) is 6.92 Å². The predicted molar refractivity (Wildman–Crippen MR) is 47.5 cm³/mol. The minimum absolute atomic E-state index is 0.293. The van der Waals surface area contributed by atoms with Gasteiger partial charge in [0.25, 0.3) is 0 Å². The lowest BCUT2D eigenvalue weighted by atomic mass is 10.3. The molecule has 0 spiro atoms. The summed E-state index contributed by atoms with van der Waals surface area (Å²) in [5.41, 5.74) is 0. The van der Waals surface area contributed by atoms with E-state index in [1.54, 1.807) is 18.7 Å². The van der Waals surface area contributed by atoms with Crippen LogP contribution in [-0.2, 0) is 4.79 Å². The summed E-state index contributed by atoms with van der Waals surface area (Å²) in [5.74, 6) is 2.14. The summed E-state index contributed by atoms with van der Waals surface area (Å²) in [5, 5.41) is 0. The molecule has 0 aliphatic rings. The van der Waals surface area contributed by atoms with Crippen LogP contribution in [0.1, 0.15) is 33.1 Å². The summed E-state index contributed by atoms with van der Waals surface area (Å²) in [6, 6.07) is 0. The van der Waals surface area contributed by atoms with E-state index < -0.39 is 0 Å². The zero-order valence-corrected chi connectivity index (χ0v) is 7.67. The van der Waals surface area contributed by atoms with Gasteiger partial charge in [-0.3, -0.25) is 4.79 Å². The Balaban J connectivity index is 2.84. The Bertz CT molecular complexity index is 91.3. The lowest BCUT2D eigenvalue weighted by Gasteiger charge is -1.96. The van der Waals surface area contributed by atoms with Crippen molar-refractivity contribution >= 4 is 17.5 Å². The average molecular weight is 160 g/mol. The second kappa shape index (κ2) is 7.13. The quantitative estimate of drug-likeness (QED) is 0.555. The number of carbonyl (C=O) groups excluding carboxylic acids is 1. The Morgan fingerprint density at radius 3 is 2.60 bits per heavy atom. The van der Waals surface area contributed by atoms with E-state index in [0.717, 1.165) is 5.75 Å². The fraction of sp³-hybridized carbons (Fsp3) is 0.875. The number of Topliss-reactive ketones (excluding diaryl/α,β-unsaturated/α-hetero) is 1. The number of hydrogen-bond acceptors (Lipinski definition) is 2. The van der Waals surface area contributed by atoms with Crippen LogP contribution in [0.4, 0.5) is 0 Å². The van der Waals surface area contributed by atoms with E-state index in [1.165, 1.54) is 19.3 Å². The molecule has 0 amide bonds. The van der Waals surface area contributed by atoms with Gasteiger partial charge in [-0.2, -0.15) is 11.8 Å². The first-order chi connectivity index (χ1) is 4.77. The van der Waals surface area contributed by atoms with Gasteiger partial charge < -0.3 is 0 Å². The first-order valence-corrected chi connectivity index (χ1v) is 5.00. The topological polar surface area (TPSA) is 17.1 Å². The third kappa shape index (κ3) is 8.02. The highest BCUT2D eigenvalue weighted by molar-refractivity contribution is 7.99. The second-order valence-corrected chi connectivity index (χ2v) is 3.57. The lowest BCUT2D eigenvalue weighted by molar-refractivity contribution is -0.114. The summed E-state index contributed by atoms with van der Waals surface area (Å²) >= 11 is 1.75. The monoisotopic (exact) mass is 160 g/mol. The van der Waals surface area contributed by atoms with Gasteiger partial charge in [0, 0.05) is 0 Å². The van der Waals surface area contributed by atoms with Crippen molar-refractivity contribution in [3.05, 3.63) is 0 Å². The van der Waals surface area contributed by atoms with Gasteiger partial charge in [-0.15, -0.1) is 0 Å². The van der Waals surface area contributed by atoms with E-state index in [-0.39, 0.29) is 0 Å². The third-order valence-corrected chi connectivity index (χ3v) is 2.39. The summed E-state index contributed by atoms with van der Waals surface area (Å²) in [6.07, 6.45) is 3.82. The van der Waals surface area contributed by atoms with Crippen LogP contribution in [0.15, 0.2) is 0 Å². The average Bonchev–Trinajstić information content (AvgIpc) is 1.87. The van der Waals surface area contributed by atoms with Crippen molar-refractivity contribution < 1.29 is 4.79 Å². The van der Waals surface area contributed by atoms with E-state index in [0.29, 0.717) is 11.5 Å². The smallest absolute Gasteiger partial charge is 0.139 e. The molecule has 0 saturated carbocycles. The van der Waals surface area contributed by atoms with Crippen LogP contribution >= 0.6 is 11.8 Å². The van der Waals surface area contributed by atoms with Crippen molar-refractivity contribution in [2.24, 2.45) is 0 Å². The van der Waals surface area contributed by atoms with Crippen LogP contribution < -0.4 is 0 Å². The van der Waals surface area contributed by atoms with E-state index >= 15 is 0 Å². The Hall–Kier alpha value is 0.0200. The van der Waals surface area contributed by atoms with Crippen LogP contribution in [0.5, 0.6) is 0 Å². The number of carbonyl (C=O) groups is 1. The molecule has 0 saturated heterocycles. The second-order valence-electron chi connectivity index (χ2n) is 2.46. The van der Waals surface area contributed by atoms with Crippen LogP contribution in [0, 0.1) is 0 Å². The van der Waals surface area contributed by atoms with Crippen molar-refractivity contribution in [2.75, 3.05) is 11.5 Å². The number of thioether (sulfide) groups is 1. The Labute approximate surface area is 67.6 Å². The van der Waals surface area contributed by atoms with Crippen molar-refractivity contribution in [2.45, 2.75) is 33.1 Å². The van der Waals surface area contributed by atoms with E-state index in [9.17, 15) is 4.79 Å². The van der Waals surface area contributed by atoms with Gasteiger partial charge in [-0.05, 0) is 19.1 Å². The van der Waals surface area contributed by atoms with Crippen LogP contribution in [0.25, 0.3) is 0 Å². The van der Waals surface area contributed by atoms with Crippen molar-refractivity contribution in [3.8, 4) is 0 Å². The van der Waals surface area contributed by atoms with E-state index in [1.807, 2.05) is 0 Å². The minimum atomic E-state index is 0.293. The molecular formula is C8H16OS. The van der Waals surface area contributed by atoms with Gasteiger partial charge >= 0.3 is 0 Å². The normalized spacial score (nSPS) is 9.80. The van der Waals surface area contributed by atoms with Gasteiger partial charge in [0.1, 0.15) is 5.78 Å². The Kier molecular flexibility index (Phi) is 7.15. The molecule has 0 aliphatic carbocycles. The summed E-state index contributed by atoms with van der Waals surface area (Å²) < 4.78 is 0. The lowest BCUT2D eigenvalue weighted by Crippen LogP contribution is -1.94. The maximum atomic E-state index is 10.5. The van der Waals surface area contributed by atoms with Crippen LogP contribution in [0.3, 0.4) is 0 Å².